The summed E-state index contributed by atoms with van der Waals surface area (Å²) in [4.78, 5) is 0. The molecule has 0 atom stereocenters. The number of unbranched alkanes of at least 4 members (excludes halogenated alkanes) is 14. The van der Waals surface area contributed by atoms with Crippen LogP contribution < -0.4 is 4.57 Å². The largest absolute Gasteiger partial charge is 0.256 e. The molecule has 180 valence electrons. The van der Waals surface area contributed by atoms with E-state index >= 15 is 0 Å². The van der Waals surface area contributed by atoms with Gasteiger partial charge in [-0.3, -0.25) is 0 Å². The van der Waals surface area contributed by atoms with E-state index in [0.29, 0.717) is 0 Å². The second kappa shape index (κ2) is 17.9. The number of benzene rings is 1. The molecular formula is C30H51N2+. The average Bonchev–Trinajstić information content (AvgIpc) is 3.18. The van der Waals surface area contributed by atoms with Crippen molar-refractivity contribution in [3.63, 3.8) is 0 Å². The predicted molar refractivity (Wildman–Crippen MR) is 139 cm³/mol. The monoisotopic (exact) mass is 439 g/mol. The summed E-state index contributed by atoms with van der Waals surface area (Å²) in [5.74, 6) is 1.49. The maximum Gasteiger partial charge on any atom is 0.256 e. The van der Waals surface area contributed by atoms with Crippen LogP contribution in [0.1, 0.15) is 128 Å². The standard InChI is InChI=1S/C30H51N2/c1-3-5-6-7-8-9-10-11-12-13-14-15-16-17-21-25-31-26-27-32(30(31)22-4-2)28-29-23-19-18-20-24-29/h18-20,23-24,26-27H,3-17,21-22,25,28H2,1-2H3/q+1. The summed E-state index contributed by atoms with van der Waals surface area (Å²) >= 11 is 0. The Balaban J connectivity index is 1.51. The number of rotatable bonds is 20. The summed E-state index contributed by atoms with van der Waals surface area (Å²) in [6.07, 6.45) is 28.4. The molecule has 0 N–H and O–H groups in total. The van der Waals surface area contributed by atoms with Crippen molar-refractivity contribution < 1.29 is 4.57 Å². The van der Waals surface area contributed by atoms with Gasteiger partial charge in [-0.2, -0.15) is 0 Å². The van der Waals surface area contributed by atoms with Crippen molar-refractivity contribution in [2.24, 2.45) is 0 Å². The molecule has 0 fully saturated rings. The van der Waals surface area contributed by atoms with Crippen molar-refractivity contribution in [3.8, 4) is 0 Å². The summed E-state index contributed by atoms with van der Waals surface area (Å²) in [5.41, 5.74) is 1.39. The van der Waals surface area contributed by atoms with Gasteiger partial charge in [-0.15, -0.1) is 0 Å². The van der Waals surface area contributed by atoms with E-state index in [0.717, 1.165) is 6.54 Å². The Morgan fingerprint density at radius 3 is 1.69 bits per heavy atom. The Morgan fingerprint density at radius 2 is 1.16 bits per heavy atom. The van der Waals surface area contributed by atoms with E-state index in [4.69, 9.17) is 0 Å². The molecule has 0 saturated heterocycles. The molecule has 2 aromatic rings. The Kier molecular flexibility index (Phi) is 14.9. The van der Waals surface area contributed by atoms with Crippen LogP contribution in [0.15, 0.2) is 42.7 Å². The van der Waals surface area contributed by atoms with Gasteiger partial charge in [-0.25, -0.2) is 9.13 Å². The molecule has 1 aromatic carbocycles. The number of aromatic nitrogens is 2. The summed E-state index contributed by atoms with van der Waals surface area (Å²) in [7, 11) is 0. The molecule has 1 aromatic heterocycles. The number of nitrogens with zero attached hydrogens (tertiary/aromatic N) is 2. The van der Waals surface area contributed by atoms with E-state index in [1.807, 2.05) is 0 Å². The van der Waals surface area contributed by atoms with E-state index in [-0.39, 0.29) is 0 Å². The van der Waals surface area contributed by atoms with Gasteiger partial charge in [0.1, 0.15) is 18.9 Å². The smallest absolute Gasteiger partial charge is 0.234 e. The molecule has 0 aliphatic heterocycles. The molecule has 0 aliphatic carbocycles. The molecule has 0 spiro atoms. The highest BCUT2D eigenvalue weighted by molar-refractivity contribution is 5.13. The molecule has 0 aliphatic rings. The van der Waals surface area contributed by atoms with Crippen LogP contribution in [0.5, 0.6) is 0 Å². The van der Waals surface area contributed by atoms with Crippen LogP contribution in [0.2, 0.25) is 0 Å². The first-order valence-corrected chi connectivity index (χ1v) is 14.0. The van der Waals surface area contributed by atoms with Gasteiger partial charge in [0.25, 0.3) is 5.82 Å². The molecule has 0 saturated carbocycles. The van der Waals surface area contributed by atoms with Crippen molar-refractivity contribution in [2.45, 2.75) is 136 Å². The molecule has 1 heterocycles. The maximum atomic E-state index is 2.51. The molecule has 2 nitrogen and oxygen atoms in total. The average molecular weight is 440 g/mol. The second-order valence-corrected chi connectivity index (χ2v) is 9.72. The summed E-state index contributed by atoms with van der Waals surface area (Å²) in [5, 5.41) is 0. The fraction of sp³-hybridized carbons (Fsp3) is 0.700. The molecule has 0 amide bonds. The summed E-state index contributed by atoms with van der Waals surface area (Å²) in [6.45, 7) is 6.75. The number of hydrogen-bond donors (Lipinski definition) is 0. The highest BCUT2D eigenvalue weighted by Crippen LogP contribution is 2.14. The number of hydrogen-bond acceptors (Lipinski definition) is 0. The van der Waals surface area contributed by atoms with Crippen LogP contribution in [-0.4, -0.2) is 4.57 Å². The normalized spacial score (nSPS) is 11.3. The van der Waals surface area contributed by atoms with Crippen molar-refractivity contribution >= 4 is 0 Å². The van der Waals surface area contributed by atoms with E-state index in [2.05, 4.69) is 65.7 Å². The topological polar surface area (TPSA) is 8.81 Å². The lowest BCUT2D eigenvalue weighted by Crippen LogP contribution is -2.37. The van der Waals surface area contributed by atoms with Crippen LogP contribution in [0.25, 0.3) is 0 Å². The fourth-order valence-corrected chi connectivity index (χ4v) is 4.79. The highest BCUT2D eigenvalue weighted by Gasteiger charge is 2.16. The molecule has 2 rings (SSSR count). The van der Waals surface area contributed by atoms with Crippen molar-refractivity contribution in [1.29, 1.82) is 0 Å². The van der Waals surface area contributed by atoms with Gasteiger partial charge in [-0.05, 0) is 24.8 Å². The Bertz CT molecular complexity index is 673. The molecule has 0 radical (unpaired) electrons. The number of imidazole rings is 1. The van der Waals surface area contributed by atoms with Gasteiger partial charge in [0, 0.05) is 6.42 Å². The summed E-state index contributed by atoms with van der Waals surface area (Å²) in [6, 6.07) is 10.8. The zero-order valence-corrected chi connectivity index (χ0v) is 21.4. The highest BCUT2D eigenvalue weighted by atomic mass is 15.1. The van der Waals surface area contributed by atoms with Crippen LogP contribution in [0.4, 0.5) is 0 Å². The lowest BCUT2D eigenvalue weighted by Gasteiger charge is -2.06. The van der Waals surface area contributed by atoms with Gasteiger partial charge in [0.05, 0.1) is 6.54 Å². The fourth-order valence-electron chi connectivity index (χ4n) is 4.79. The molecule has 0 unspecified atom stereocenters. The summed E-state index contributed by atoms with van der Waals surface area (Å²) < 4.78 is 4.96. The quantitative estimate of drug-likeness (QED) is 0.144. The minimum absolute atomic E-state index is 0.988. The first-order chi connectivity index (χ1) is 15.8. The SMILES string of the molecule is CCCCCCCCCCCCCCCCCn1cc[n+](Cc2ccccc2)c1CCC. The zero-order chi connectivity index (χ0) is 22.7. The van der Waals surface area contributed by atoms with Gasteiger partial charge in [0.15, 0.2) is 0 Å². The minimum Gasteiger partial charge on any atom is -0.234 e. The lowest BCUT2D eigenvalue weighted by atomic mass is 10.0. The molecular weight excluding hydrogens is 388 g/mol. The second-order valence-electron chi connectivity index (χ2n) is 9.72. The van der Waals surface area contributed by atoms with Crippen molar-refractivity contribution in [3.05, 3.63) is 54.1 Å². The van der Waals surface area contributed by atoms with Crippen molar-refractivity contribution in [1.82, 2.24) is 4.57 Å². The molecule has 32 heavy (non-hydrogen) atoms. The Hall–Kier alpha value is -1.57. The van der Waals surface area contributed by atoms with Crippen molar-refractivity contribution in [2.75, 3.05) is 0 Å². The van der Waals surface area contributed by atoms with Crippen LogP contribution >= 0.6 is 0 Å². The number of aryl methyl sites for hydroxylation is 1. The van der Waals surface area contributed by atoms with Gasteiger partial charge in [0.2, 0.25) is 0 Å². The van der Waals surface area contributed by atoms with E-state index < -0.39 is 0 Å². The van der Waals surface area contributed by atoms with E-state index in [1.165, 1.54) is 127 Å². The van der Waals surface area contributed by atoms with Crippen LogP contribution in [0, 0.1) is 0 Å². The lowest BCUT2D eigenvalue weighted by molar-refractivity contribution is -0.695. The third kappa shape index (κ3) is 11.3. The maximum absolute atomic E-state index is 2.51. The third-order valence-corrected chi connectivity index (χ3v) is 6.76. The van der Waals surface area contributed by atoms with E-state index in [1.54, 1.807) is 0 Å². The minimum atomic E-state index is 0.988. The van der Waals surface area contributed by atoms with Gasteiger partial charge < -0.3 is 0 Å². The molecule has 2 heteroatoms. The van der Waals surface area contributed by atoms with Crippen LogP contribution in [-0.2, 0) is 19.5 Å². The van der Waals surface area contributed by atoms with E-state index in [9.17, 15) is 0 Å². The Morgan fingerprint density at radius 1 is 0.625 bits per heavy atom. The van der Waals surface area contributed by atoms with Gasteiger partial charge in [-0.1, -0.05) is 128 Å². The molecule has 0 bridgehead atoms. The zero-order valence-electron chi connectivity index (χ0n) is 21.4. The van der Waals surface area contributed by atoms with Crippen LogP contribution in [0.3, 0.4) is 0 Å². The third-order valence-electron chi connectivity index (χ3n) is 6.76. The Labute approximate surface area is 199 Å². The van der Waals surface area contributed by atoms with Gasteiger partial charge >= 0.3 is 0 Å². The first-order valence-electron chi connectivity index (χ1n) is 14.0. The first kappa shape index (κ1) is 26.7. The predicted octanol–water partition coefficient (Wildman–Crippen LogP) is 8.65.